The summed E-state index contributed by atoms with van der Waals surface area (Å²) in [5.41, 5.74) is 2.06. The van der Waals surface area contributed by atoms with Crippen LogP contribution in [0.15, 0.2) is 18.2 Å². The molecule has 0 amide bonds. The zero-order valence-corrected chi connectivity index (χ0v) is 11.2. The lowest BCUT2D eigenvalue weighted by Gasteiger charge is -2.35. The van der Waals surface area contributed by atoms with E-state index in [0.29, 0.717) is 13.2 Å². The Morgan fingerprint density at radius 1 is 1.58 bits per heavy atom. The molecule has 1 aliphatic heterocycles. The van der Waals surface area contributed by atoms with E-state index in [9.17, 15) is 10.1 Å². The summed E-state index contributed by atoms with van der Waals surface area (Å²) >= 11 is 0. The van der Waals surface area contributed by atoms with Crippen molar-refractivity contribution in [1.82, 2.24) is 0 Å². The van der Waals surface area contributed by atoms with Crippen LogP contribution in [0, 0.1) is 17.0 Å². The average Bonchev–Trinajstić information content (AvgIpc) is 2.39. The summed E-state index contributed by atoms with van der Waals surface area (Å²) in [6.45, 7) is 4.63. The number of nitrogens with zero attached hydrogens (tertiary/aromatic N) is 2. The van der Waals surface area contributed by atoms with Crippen molar-refractivity contribution in [2.24, 2.45) is 0 Å². The van der Waals surface area contributed by atoms with Crippen molar-refractivity contribution in [3.05, 3.63) is 33.9 Å². The largest absolute Gasteiger partial charge is 0.382 e. The molecular weight excluding hydrogens is 248 g/mol. The fourth-order valence-corrected chi connectivity index (χ4v) is 2.33. The van der Waals surface area contributed by atoms with Crippen LogP contribution in [0.25, 0.3) is 0 Å². The van der Waals surface area contributed by atoms with Gasteiger partial charge in [-0.05, 0) is 18.6 Å². The molecular formula is C13H18N2O4. The number of nitro benzene ring substituents is 1. The number of hydrogen-bond donors (Lipinski definition) is 0. The number of hydrogen-bond acceptors (Lipinski definition) is 5. The van der Waals surface area contributed by atoms with Crippen LogP contribution in [-0.2, 0) is 9.47 Å². The van der Waals surface area contributed by atoms with Gasteiger partial charge < -0.3 is 14.4 Å². The van der Waals surface area contributed by atoms with Gasteiger partial charge in [-0.2, -0.15) is 0 Å². The Morgan fingerprint density at radius 2 is 2.37 bits per heavy atom. The van der Waals surface area contributed by atoms with Crippen molar-refractivity contribution < 1.29 is 14.4 Å². The van der Waals surface area contributed by atoms with Gasteiger partial charge in [-0.3, -0.25) is 10.1 Å². The number of non-ortho nitro benzene ring substituents is 1. The zero-order chi connectivity index (χ0) is 13.8. The Labute approximate surface area is 112 Å². The summed E-state index contributed by atoms with van der Waals surface area (Å²) in [7, 11) is 1.65. The number of nitro groups is 1. The summed E-state index contributed by atoms with van der Waals surface area (Å²) in [6.07, 6.45) is 0.0494. The predicted molar refractivity (Wildman–Crippen MR) is 71.7 cm³/mol. The van der Waals surface area contributed by atoms with E-state index in [1.807, 2.05) is 13.0 Å². The van der Waals surface area contributed by atoms with E-state index in [1.165, 1.54) is 0 Å². The predicted octanol–water partition coefficient (Wildman–Crippen LogP) is 1.75. The van der Waals surface area contributed by atoms with E-state index >= 15 is 0 Å². The maximum Gasteiger partial charge on any atom is 0.269 e. The summed E-state index contributed by atoms with van der Waals surface area (Å²) < 4.78 is 10.7. The Bertz CT molecular complexity index is 462. The van der Waals surface area contributed by atoms with Crippen LogP contribution in [0.1, 0.15) is 5.56 Å². The van der Waals surface area contributed by atoms with E-state index in [4.69, 9.17) is 9.47 Å². The first-order valence-corrected chi connectivity index (χ1v) is 6.22. The van der Waals surface area contributed by atoms with Crippen molar-refractivity contribution >= 4 is 11.4 Å². The SMILES string of the molecule is COCC1CN(c2ccc([N+](=O)[O-])cc2C)CCO1. The molecule has 0 saturated carbocycles. The second-order valence-electron chi connectivity index (χ2n) is 4.62. The van der Waals surface area contributed by atoms with E-state index in [2.05, 4.69) is 4.90 Å². The fourth-order valence-electron chi connectivity index (χ4n) is 2.33. The maximum atomic E-state index is 10.7. The van der Waals surface area contributed by atoms with Gasteiger partial charge in [-0.25, -0.2) is 0 Å². The standard InChI is InChI=1S/C13H18N2O4/c1-10-7-11(15(16)17)3-4-13(10)14-5-6-19-12(8-14)9-18-2/h3-4,7,12H,5-6,8-9H2,1-2H3. The summed E-state index contributed by atoms with van der Waals surface area (Å²) in [4.78, 5) is 12.5. The topological polar surface area (TPSA) is 64.8 Å². The van der Waals surface area contributed by atoms with E-state index in [1.54, 1.807) is 19.2 Å². The molecule has 6 nitrogen and oxygen atoms in total. The number of aryl methyl sites for hydroxylation is 1. The van der Waals surface area contributed by atoms with Crippen molar-refractivity contribution in [2.75, 3.05) is 38.3 Å². The number of rotatable bonds is 4. The second-order valence-corrected chi connectivity index (χ2v) is 4.62. The number of morpholine rings is 1. The highest BCUT2D eigenvalue weighted by molar-refractivity contribution is 5.57. The molecule has 6 heteroatoms. The van der Waals surface area contributed by atoms with Gasteiger partial charge in [0.1, 0.15) is 0 Å². The molecule has 0 bridgehead atoms. The van der Waals surface area contributed by atoms with Gasteiger partial charge in [0.05, 0.1) is 24.2 Å². The van der Waals surface area contributed by atoms with Crippen LogP contribution < -0.4 is 4.90 Å². The van der Waals surface area contributed by atoms with Crippen molar-refractivity contribution in [2.45, 2.75) is 13.0 Å². The van der Waals surface area contributed by atoms with Crippen molar-refractivity contribution in [1.29, 1.82) is 0 Å². The number of anilines is 1. The Morgan fingerprint density at radius 3 is 3.00 bits per heavy atom. The molecule has 2 rings (SSSR count). The molecule has 1 heterocycles. The third-order valence-electron chi connectivity index (χ3n) is 3.22. The normalized spacial score (nSPS) is 19.5. The van der Waals surface area contributed by atoms with Crippen LogP contribution in [-0.4, -0.2) is 44.4 Å². The van der Waals surface area contributed by atoms with Gasteiger partial charge in [0.25, 0.3) is 5.69 Å². The quantitative estimate of drug-likeness (QED) is 0.613. The molecule has 0 aromatic heterocycles. The minimum Gasteiger partial charge on any atom is -0.382 e. The van der Waals surface area contributed by atoms with Crippen molar-refractivity contribution in [3.63, 3.8) is 0 Å². The highest BCUT2D eigenvalue weighted by atomic mass is 16.6. The van der Waals surface area contributed by atoms with Crippen LogP contribution >= 0.6 is 0 Å². The minimum absolute atomic E-state index is 0.0494. The molecule has 104 valence electrons. The van der Waals surface area contributed by atoms with E-state index in [0.717, 1.165) is 24.3 Å². The van der Waals surface area contributed by atoms with Gasteiger partial charge in [-0.1, -0.05) is 0 Å². The molecule has 0 N–H and O–H groups in total. The fraction of sp³-hybridized carbons (Fsp3) is 0.538. The first-order valence-electron chi connectivity index (χ1n) is 6.22. The molecule has 0 spiro atoms. The van der Waals surface area contributed by atoms with Gasteiger partial charge in [0.2, 0.25) is 0 Å². The molecule has 1 aromatic rings. The van der Waals surface area contributed by atoms with Gasteiger partial charge >= 0.3 is 0 Å². The first kappa shape index (κ1) is 13.8. The first-order chi connectivity index (χ1) is 9.11. The van der Waals surface area contributed by atoms with Crippen LogP contribution in [0.2, 0.25) is 0 Å². The Balaban J connectivity index is 2.15. The molecule has 1 fully saturated rings. The minimum atomic E-state index is -0.371. The molecule has 1 aliphatic rings. The summed E-state index contributed by atoms with van der Waals surface area (Å²) in [6, 6.07) is 4.96. The molecule has 1 atom stereocenters. The van der Waals surface area contributed by atoms with Crippen LogP contribution in [0.5, 0.6) is 0 Å². The lowest BCUT2D eigenvalue weighted by Crippen LogP contribution is -2.44. The third kappa shape index (κ3) is 3.21. The number of benzene rings is 1. The Kier molecular flexibility index (Phi) is 4.34. The Hall–Kier alpha value is -1.66. The molecule has 1 aromatic carbocycles. The average molecular weight is 266 g/mol. The number of methoxy groups -OCH3 is 1. The van der Waals surface area contributed by atoms with Gasteiger partial charge in [0.15, 0.2) is 0 Å². The molecule has 1 unspecified atom stereocenters. The van der Waals surface area contributed by atoms with Gasteiger partial charge in [-0.15, -0.1) is 0 Å². The van der Waals surface area contributed by atoms with Gasteiger partial charge in [0, 0.05) is 38.0 Å². The highest BCUT2D eigenvalue weighted by Gasteiger charge is 2.22. The summed E-state index contributed by atoms with van der Waals surface area (Å²) in [5.74, 6) is 0. The van der Waals surface area contributed by atoms with E-state index < -0.39 is 0 Å². The molecule has 0 aliphatic carbocycles. The molecule has 1 saturated heterocycles. The zero-order valence-electron chi connectivity index (χ0n) is 11.2. The monoisotopic (exact) mass is 266 g/mol. The third-order valence-corrected chi connectivity index (χ3v) is 3.22. The molecule has 19 heavy (non-hydrogen) atoms. The second kappa shape index (κ2) is 5.99. The maximum absolute atomic E-state index is 10.7. The van der Waals surface area contributed by atoms with E-state index in [-0.39, 0.29) is 16.7 Å². The lowest BCUT2D eigenvalue weighted by molar-refractivity contribution is -0.384. The van der Waals surface area contributed by atoms with Crippen LogP contribution in [0.4, 0.5) is 11.4 Å². The number of ether oxygens (including phenoxy) is 2. The van der Waals surface area contributed by atoms with Crippen molar-refractivity contribution in [3.8, 4) is 0 Å². The van der Waals surface area contributed by atoms with Crippen LogP contribution in [0.3, 0.4) is 0 Å². The lowest BCUT2D eigenvalue weighted by atomic mass is 10.1. The summed E-state index contributed by atoms with van der Waals surface area (Å²) in [5, 5.41) is 10.7. The highest BCUT2D eigenvalue weighted by Crippen LogP contribution is 2.26. The molecule has 0 radical (unpaired) electrons. The smallest absolute Gasteiger partial charge is 0.269 e.